The molecule has 0 radical (unpaired) electrons. The minimum Gasteiger partial charge on any atom is -0.395 e. The summed E-state index contributed by atoms with van der Waals surface area (Å²) in [7, 11) is 0. The standard InChI is InChI=1S/C15H6F6N2O5/c16-9-2-1-6(3-8(9)14(17,18)19)22-13(24)7-4-11-12(5-10(7)23(25)26)28-15(20,21)27-11/h1-5H,(H,22,24). The van der Waals surface area contributed by atoms with E-state index in [1.165, 1.54) is 0 Å². The summed E-state index contributed by atoms with van der Waals surface area (Å²) < 4.78 is 85.8. The smallest absolute Gasteiger partial charge is 0.395 e. The van der Waals surface area contributed by atoms with Crippen LogP contribution < -0.4 is 14.8 Å². The fourth-order valence-electron chi connectivity index (χ4n) is 2.34. The van der Waals surface area contributed by atoms with E-state index in [-0.39, 0.29) is 6.07 Å². The van der Waals surface area contributed by atoms with E-state index in [9.17, 15) is 41.3 Å². The fraction of sp³-hybridized carbons (Fsp3) is 0.133. The summed E-state index contributed by atoms with van der Waals surface area (Å²) in [6.45, 7) is 0. The number of hydrogen-bond donors (Lipinski definition) is 1. The average Bonchev–Trinajstić information content (AvgIpc) is 2.87. The van der Waals surface area contributed by atoms with Crippen molar-refractivity contribution in [3.05, 3.63) is 57.4 Å². The molecular formula is C15H6F6N2O5. The first-order chi connectivity index (χ1) is 12.9. The van der Waals surface area contributed by atoms with Crippen LogP contribution in [0.15, 0.2) is 30.3 Å². The number of hydrogen-bond acceptors (Lipinski definition) is 5. The third-order valence-corrected chi connectivity index (χ3v) is 3.49. The molecule has 1 heterocycles. The quantitative estimate of drug-likeness (QED) is 0.464. The molecule has 0 atom stereocenters. The number of alkyl halides is 5. The first kappa shape index (κ1) is 19.3. The molecule has 1 N–H and O–H groups in total. The van der Waals surface area contributed by atoms with Gasteiger partial charge in [0.1, 0.15) is 11.4 Å². The number of nitrogens with zero attached hydrogens (tertiary/aromatic N) is 1. The number of benzene rings is 2. The van der Waals surface area contributed by atoms with Crippen molar-refractivity contribution in [2.75, 3.05) is 5.32 Å². The van der Waals surface area contributed by atoms with Gasteiger partial charge in [-0.15, -0.1) is 8.78 Å². The van der Waals surface area contributed by atoms with Crippen molar-refractivity contribution in [3.8, 4) is 11.5 Å². The molecule has 0 spiro atoms. The van der Waals surface area contributed by atoms with Gasteiger partial charge in [0.05, 0.1) is 16.6 Å². The fourth-order valence-corrected chi connectivity index (χ4v) is 2.34. The number of carbonyl (C=O) groups excluding carboxylic acids is 1. The first-order valence-electron chi connectivity index (χ1n) is 7.14. The van der Waals surface area contributed by atoms with Crippen LogP contribution in [0.25, 0.3) is 0 Å². The van der Waals surface area contributed by atoms with Crippen LogP contribution in [0.3, 0.4) is 0 Å². The Hall–Kier alpha value is -3.51. The highest BCUT2D eigenvalue weighted by Gasteiger charge is 2.45. The molecule has 2 aromatic rings. The minimum absolute atomic E-state index is 0.278. The second-order valence-corrected chi connectivity index (χ2v) is 5.39. The number of nitro groups is 1. The number of nitrogens with one attached hydrogen (secondary N) is 1. The molecule has 3 rings (SSSR count). The first-order valence-corrected chi connectivity index (χ1v) is 7.14. The van der Waals surface area contributed by atoms with Gasteiger partial charge < -0.3 is 14.8 Å². The van der Waals surface area contributed by atoms with Gasteiger partial charge in [0.2, 0.25) is 0 Å². The molecule has 2 aromatic carbocycles. The van der Waals surface area contributed by atoms with Crippen LogP contribution in [0.5, 0.6) is 11.5 Å². The SMILES string of the molecule is O=C(Nc1ccc(F)c(C(F)(F)F)c1)c1cc2c(cc1[N+](=O)[O-])OC(F)(F)O2. The van der Waals surface area contributed by atoms with E-state index >= 15 is 0 Å². The Bertz CT molecular complexity index is 992. The molecule has 1 aliphatic rings. The molecule has 7 nitrogen and oxygen atoms in total. The molecule has 148 valence electrons. The predicted octanol–water partition coefficient (Wildman–Crippen LogP) is 4.33. The summed E-state index contributed by atoms with van der Waals surface area (Å²) in [5.74, 6) is -4.29. The molecule has 0 unspecified atom stereocenters. The molecule has 0 bridgehead atoms. The molecule has 1 amide bonds. The average molecular weight is 408 g/mol. The van der Waals surface area contributed by atoms with Gasteiger partial charge in [-0.25, -0.2) is 4.39 Å². The third kappa shape index (κ3) is 3.63. The zero-order valence-corrected chi connectivity index (χ0v) is 13.1. The molecule has 1 aliphatic heterocycles. The van der Waals surface area contributed by atoms with Crippen molar-refractivity contribution < 1.29 is 45.5 Å². The predicted molar refractivity (Wildman–Crippen MR) is 78.7 cm³/mol. The van der Waals surface area contributed by atoms with Gasteiger partial charge in [0, 0.05) is 11.8 Å². The largest absolute Gasteiger partial charge is 0.586 e. The second-order valence-electron chi connectivity index (χ2n) is 5.39. The Morgan fingerprint density at radius 3 is 2.29 bits per heavy atom. The number of carbonyl (C=O) groups is 1. The highest BCUT2D eigenvalue weighted by atomic mass is 19.4. The number of fused-ring (bicyclic) bond motifs is 1. The Labute approximate surface area is 150 Å². The van der Waals surface area contributed by atoms with E-state index in [1.54, 1.807) is 0 Å². The van der Waals surface area contributed by atoms with Gasteiger partial charge in [-0.1, -0.05) is 0 Å². The van der Waals surface area contributed by atoms with Gasteiger partial charge in [0.15, 0.2) is 11.5 Å². The van der Waals surface area contributed by atoms with Gasteiger partial charge in [-0.3, -0.25) is 14.9 Å². The van der Waals surface area contributed by atoms with E-state index in [2.05, 4.69) is 9.47 Å². The van der Waals surface area contributed by atoms with Crippen molar-refractivity contribution in [1.29, 1.82) is 0 Å². The lowest BCUT2D eigenvalue weighted by Crippen LogP contribution is -2.25. The van der Waals surface area contributed by atoms with Gasteiger partial charge in [0.25, 0.3) is 11.6 Å². The van der Waals surface area contributed by atoms with E-state index < -0.39 is 63.1 Å². The number of halogens is 6. The molecule has 13 heteroatoms. The minimum atomic E-state index is -5.05. The van der Waals surface area contributed by atoms with Gasteiger partial charge >= 0.3 is 12.5 Å². The van der Waals surface area contributed by atoms with Crippen molar-refractivity contribution in [2.24, 2.45) is 0 Å². The van der Waals surface area contributed by atoms with Crippen LogP contribution in [0.4, 0.5) is 37.7 Å². The molecule has 0 aromatic heterocycles. The summed E-state index contributed by atoms with van der Waals surface area (Å²) >= 11 is 0. The molecule has 0 fully saturated rings. The van der Waals surface area contributed by atoms with Crippen LogP contribution in [-0.2, 0) is 6.18 Å². The number of amides is 1. The second kappa shape index (κ2) is 6.28. The summed E-state index contributed by atoms with van der Waals surface area (Å²) in [4.78, 5) is 22.3. The normalized spacial score (nSPS) is 14.6. The lowest BCUT2D eigenvalue weighted by atomic mass is 10.1. The van der Waals surface area contributed by atoms with Crippen LogP contribution in [0.2, 0.25) is 0 Å². The summed E-state index contributed by atoms with van der Waals surface area (Å²) in [6, 6.07) is 2.59. The molecular weight excluding hydrogens is 402 g/mol. The highest BCUT2D eigenvalue weighted by molar-refractivity contribution is 6.07. The van der Waals surface area contributed by atoms with Crippen molar-refractivity contribution in [3.63, 3.8) is 0 Å². The third-order valence-electron chi connectivity index (χ3n) is 3.49. The van der Waals surface area contributed by atoms with Crippen LogP contribution in [0, 0.1) is 15.9 Å². The van der Waals surface area contributed by atoms with Gasteiger partial charge in [-0.05, 0) is 18.2 Å². The summed E-state index contributed by atoms with van der Waals surface area (Å²) in [5.41, 5.74) is -3.96. The lowest BCUT2D eigenvalue weighted by molar-refractivity contribution is -0.385. The maximum absolute atomic E-state index is 13.3. The monoisotopic (exact) mass is 408 g/mol. The Kier molecular flexibility index (Phi) is 4.32. The summed E-state index contributed by atoms with van der Waals surface area (Å²) in [5, 5.41) is 13.0. The highest BCUT2D eigenvalue weighted by Crippen LogP contribution is 2.44. The summed E-state index contributed by atoms with van der Waals surface area (Å²) in [6.07, 6.45) is -9.16. The molecule has 0 aliphatic carbocycles. The van der Waals surface area contributed by atoms with Crippen molar-refractivity contribution in [1.82, 2.24) is 0 Å². The number of nitro benzene ring substituents is 1. The van der Waals surface area contributed by atoms with Crippen LogP contribution in [-0.4, -0.2) is 17.1 Å². The van der Waals surface area contributed by atoms with Crippen molar-refractivity contribution >= 4 is 17.3 Å². The number of anilines is 1. The maximum atomic E-state index is 13.3. The lowest BCUT2D eigenvalue weighted by Gasteiger charge is -2.11. The zero-order chi connectivity index (χ0) is 20.9. The maximum Gasteiger partial charge on any atom is 0.586 e. The van der Waals surface area contributed by atoms with E-state index in [4.69, 9.17) is 0 Å². The van der Waals surface area contributed by atoms with Crippen molar-refractivity contribution in [2.45, 2.75) is 12.5 Å². The number of ether oxygens (including phenoxy) is 2. The molecule has 28 heavy (non-hydrogen) atoms. The Morgan fingerprint density at radius 2 is 1.71 bits per heavy atom. The van der Waals surface area contributed by atoms with E-state index in [0.29, 0.717) is 18.2 Å². The Balaban J connectivity index is 1.97. The van der Waals surface area contributed by atoms with E-state index in [0.717, 1.165) is 6.07 Å². The number of rotatable bonds is 3. The van der Waals surface area contributed by atoms with Gasteiger partial charge in [-0.2, -0.15) is 13.2 Å². The molecule has 0 saturated carbocycles. The molecule has 0 saturated heterocycles. The Morgan fingerprint density at radius 1 is 1.11 bits per heavy atom. The van der Waals surface area contributed by atoms with Crippen LogP contribution in [0.1, 0.15) is 15.9 Å². The van der Waals surface area contributed by atoms with Crippen LogP contribution >= 0.6 is 0 Å². The zero-order valence-electron chi connectivity index (χ0n) is 13.1. The van der Waals surface area contributed by atoms with E-state index in [1.807, 2.05) is 5.32 Å². The topological polar surface area (TPSA) is 90.7 Å².